The van der Waals surface area contributed by atoms with Crippen LogP contribution in [0.3, 0.4) is 0 Å². The summed E-state index contributed by atoms with van der Waals surface area (Å²) in [6.07, 6.45) is 7.58. The molecular formula is C25H34N6O4S2. The van der Waals surface area contributed by atoms with E-state index in [0.29, 0.717) is 24.7 Å². The number of aromatic nitrogens is 3. The number of hydrogen-bond acceptors (Lipinski definition) is 10. The fraction of sp³-hybridized carbons (Fsp3) is 0.560. The summed E-state index contributed by atoms with van der Waals surface area (Å²) in [6.45, 7) is 8.20. The van der Waals surface area contributed by atoms with Gasteiger partial charge in [-0.05, 0) is 50.9 Å². The first-order valence-electron chi connectivity index (χ1n) is 12.7. The van der Waals surface area contributed by atoms with Crippen LogP contribution >= 0.6 is 11.3 Å². The SMILES string of the molecule is COc1ncc(-c2nc(N3CCOCC3)nc3c(CCN4CCCCC4)c(C)sc23)cc1NS(C)(=O)=O. The lowest BCUT2D eigenvalue weighted by Crippen LogP contribution is -2.37. The van der Waals surface area contributed by atoms with Crippen molar-refractivity contribution in [2.75, 3.05) is 68.9 Å². The van der Waals surface area contributed by atoms with Crippen molar-refractivity contribution < 1.29 is 17.9 Å². The Balaban J connectivity index is 1.60. The normalized spacial score (nSPS) is 17.3. The highest BCUT2D eigenvalue weighted by atomic mass is 32.2. The van der Waals surface area contributed by atoms with Gasteiger partial charge >= 0.3 is 0 Å². The molecular weight excluding hydrogens is 512 g/mol. The molecule has 2 aliphatic rings. The van der Waals surface area contributed by atoms with Crippen molar-refractivity contribution >= 4 is 43.2 Å². The van der Waals surface area contributed by atoms with Crippen molar-refractivity contribution in [3.63, 3.8) is 0 Å². The molecule has 0 radical (unpaired) electrons. The molecule has 0 aliphatic carbocycles. The van der Waals surface area contributed by atoms with E-state index in [1.807, 2.05) is 0 Å². The molecule has 3 aromatic heterocycles. The smallest absolute Gasteiger partial charge is 0.238 e. The Morgan fingerprint density at radius 2 is 1.89 bits per heavy atom. The maximum absolute atomic E-state index is 12.0. The number of morpholine rings is 1. The molecule has 2 aliphatic heterocycles. The zero-order valence-electron chi connectivity index (χ0n) is 21.6. The summed E-state index contributed by atoms with van der Waals surface area (Å²) in [7, 11) is -2.06. The number of nitrogens with one attached hydrogen (secondary N) is 1. The van der Waals surface area contributed by atoms with Gasteiger partial charge in [0.2, 0.25) is 21.9 Å². The van der Waals surface area contributed by atoms with Crippen LogP contribution in [0, 0.1) is 6.92 Å². The molecule has 0 unspecified atom stereocenters. The number of thiophene rings is 1. The Morgan fingerprint density at radius 3 is 2.59 bits per heavy atom. The first-order valence-corrected chi connectivity index (χ1v) is 15.4. The second-order valence-corrected chi connectivity index (χ2v) is 12.6. The lowest BCUT2D eigenvalue weighted by atomic mass is 10.1. The predicted octanol–water partition coefficient (Wildman–Crippen LogP) is 3.31. The number of likely N-dealkylation sites (tertiary alicyclic amines) is 1. The van der Waals surface area contributed by atoms with E-state index in [-0.39, 0.29) is 11.6 Å². The largest absolute Gasteiger partial charge is 0.480 e. The minimum atomic E-state index is -3.52. The molecule has 0 saturated carbocycles. The lowest BCUT2D eigenvalue weighted by Gasteiger charge is -2.27. The van der Waals surface area contributed by atoms with Gasteiger partial charge in [0.25, 0.3) is 0 Å². The number of pyridine rings is 1. The third kappa shape index (κ3) is 5.97. The number of fused-ring (bicyclic) bond motifs is 1. The number of sulfonamides is 1. The van der Waals surface area contributed by atoms with Gasteiger partial charge in [-0.3, -0.25) is 4.72 Å². The predicted molar refractivity (Wildman–Crippen MR) is 147 cm³/mol. The van der Waals surface area contributed by atoms with Crippen LogP contribution in [0.1, 0.15) is 29.7 Å². The van der Waals surface area contributed by atoms with Crippen LogP contribution in [0.15, 0.2) is 12.3 Å². The monoisotopic (exact) mass is 546 g/mol. The first kappa shape index (κ1) is 26.1. The highest BCUT2D eigenvalue weighted by Crippen LogP contribution is 2.39. The molecule has 2 saturated heterocycles. The van der Waals surface area contributed by atoms with Crippen LogP contribution in [-0.4, -0.2) is 87.6 Å². The van der Waals surface area contributed by atoms with E-state index >= 15 is 0 Å². The van der Waals surface area contributed by atoms with Gasteiger partial charge < -0.3 is 19.3 Å². The summed E-state index contributed by atoms with van der Waals surface area (Å²) in [5.74, 6) is 0.869. The summed E-state index contributed by atoms with van der Waals surface area (Å²) in [6, 6.07) is 1.74. The molecule has 0 bridgehead atoms. The Kier molecular flexibility index (Phi) is 7.80. The molecule has 0 amide bonds. The summed E-state index contributed by atoms with van der Waals surface area (Å²) in [5.41, 5.74) is 3.97. The third-order valence-corrected chi connectivity index (χ3v) is 8.59. The minimum Gasteiger partial charge on any atom is -0.480 e. The van der Waals surface area contributed by atoms with Crippen LogP contribution in [0.5, 0.6) is 5.88 Å². The van der Waals surface area contributed by atoms with Crippen molar-refractivity contribution in [1.82, 2.24) is 19.9 Å². The molecule has 200 valence electrons. The zero-order chi connectivity index (χ0) is 26.0. The number of nitrogens with zero attached hydrogens (tertiary/aromatic N) is 5. The number of hydrogen-bond donors (Lipinski definition) is 1. The molecule has 37 heavy (non-hydrogen) atoms. The lowest BCUT2D eigenvalue weighted by molar-refractivity contribution is 0.122. The highest BCUT2D eigenvalue weighted by molar-refractivity contribution is 7.92. The number of piperidine rings is 1. The second kappa shape index (κ2) is 11.1. The summed E-state index contributed by atoms with van der Waals surface area (Å²) in [5, 5.41) is 0. The maximum Gasteiger partial charge on any atom is 0.238 e. The van der Waals surface area contributed by atoms with Crippen LogP contribution in [0.25, 0.3) is 21.5 Å². The van der Waals surface area contributed by atoms with Gasteiger partial charge in [0.05, 0.1) is 42.5 Å². The quantitative estimate of drug-likeness (QED) is 0.455. The third-order valence-electron chi connectivity index (χ3n) is 6.85. The van der Waals surface area contributed by atoms with Crippen molar-refractivity contribution in [2.24, 2.45) is 0 Å². The molecule has 5 heterocycles. The van der Waals surface area contributed by atoms with Gasteiger partial charge in [0.1, 0.15) is 5.69 Å². The van der Waals surface area contributed by atoms with Crippen molar-refractivity contribution in [3.05, 3.63) is 22.7 Å². The Labute approximate surface area is 222 Å². The van der Waals surface area contributed by atoms with Crippen LogP contribution in [-0.2, 0) is 21.2 Å². The minimum absolute atomic E-state index is 0.206. The first-order chi connectivity index (χ1) is 17.8. The number of ether oxygens (including phenoxy) is 2. The summed E-state index contributed by atoms with van der Waals surface area (Å²) >= 11 is 1.69. The zero-order valence-corrected chi connectivity index (χ0v) is 23.3. The Hall–Kier alpha value is -2.54. The number of anilines is 2. The van der Waals surface area contributed by atoms with Gasteiger partial charge in [0.15, 0.2) is 0 Å². The van der Waals surface area contributed by atoms with Crippen molar-refractivity contribution in [2.45, 2.75) is 32.6 Å². The second-order valence-electron chi connectivity index (χ2n) is 9.59. The summed E-state index contributed by atoms with van der Waals surface area (Å²) < 4.78 is 38.4. The molecule has 0 spiro atoms. The van der Waals surface area contributed by atoms with Gasteiger partial charge in [-0.1, -0.05) is 6.42 Å². The van der Waals surface area contributed by atoms with E-state index in [2.05, 4.69) is 26.4 Å². The standard InChI is InChI=1S/C25H34N6O4S2/c1-17-19(7-10-30-8-5-4-6-9-30)22-23(36-17)21(27-25(28-22)31-11-13-35-14-12-31)18-15-20(29-37(3,32)33)24(34-2)26-16-18/h15-16,29H,4-14H2,1-3H3. The summed E-state index contributed by atoms with van der Waals surface area (Å²) in [4.78, 5) is 20.4. The maximum atomic E-state index is 12.0. The van der Waals surface area contributed by atoms with E-state index < -0.39 is 10.0 Å². The van der Waals surface area contributed by atoms with E-state index in [0.717, 1.165) is 61.3 Å². The fourth-order valence-electron chi connectivity index (χ4n) is 4.99. The Morgan fingerprint density at radius 1 is 1.14 bits per heavy atom. The van der Waals surface area contributed by atoms with Gasteiger partial charge in [-0.15, -0.1) is 11.3 Å². The van der Waals surface area contributed by atoms with Crippen LogP contribution in [0.2, 0.25) is 0 Å². The van der Waals surface area contributed by atoms with Crippen molar-refractivity contribution in [3.8, 4) is 17.1 Å². The number of rotatable bonds is 8. The molecule has 0 atom stereocenters. The van der Waals surface area contributed by atoms with Crippen LogP contribution in [0.4, 0.5) is 11.6 Å². The molecule has 0 aromatic carbocycles. The molecule has 2 fully saturated rings. The van der Waals surface area contributed by atoms with Gasteiger partial charge in [-0.25, -0.2) is 23.4 Å². The van der Waals surface area contributed by atoms with Gasteiger partial charge in [-0.2, -0.15) is 0 Å². The average Bonchev–Trinajstić information content (AvgIpc) is 3.21. The van der Waals surface area contributed by atoms with E-state index in [1.54, 1.807) is 23.6 Å². The highest BCUT2D eigenvalue weighted by Gasteiger charge is 2.23. The number of methoxy groups -OCH3 is 1. The van der Waals surface area contributed by atoms with E-state index in [9.17, 15) is 8.42 Å². The molecule has 1 N–H and O–H groups in total. The van der Waals surface area contributed by atoms with Crippen LogP contribution < -0.4 is 14.4 Å². The molecule has 5 rings (SSSR count). The van der Waals surface area contributed by atoms with Gasteiger partial charge in [0, 0.05) is 36.3 Å². The Bertz CT molecular complexity index is 1370. The topological polar surface area (TPSA) is 110 Å². The van der Waals surface area contributed by atoms with E-state index in [1.165, 1.54) is 36.8 Å². The van der Waals surface area contributed by atoms with E-state index in [4.69, 9.17) is 19.4 Å². The fourth-order valence-corrected chi connectivity index (χ4v) is 6.69. The molecule has 10 nitrogen and oxygen atoms in total. The van der Waals surface area contributed by atoms with Crippen molar-refractivity contribution in [1.29, 1.82) is 0 Å². The molecule has 3 aromatic rings. The average molecular weight is 547 g/mol. The molecule has 12 heteroatoms. The number of aryl methyl sites for hydroxylation is 1.